The fraction of sp³-hybridized carbons (Fsp3) is 0.529. The maximum atomic E-state index is 11.6. The van der Waals surface area contributed by atoms with E-state index in [-0.39, 0.29) is 24.5 Å². The third-order valence-electron chi connectivity index (χ3n) is 3.32. The molecule has 23 heavy (non-hydrogen) atoms. The van der Waals surface area contributed by atoms with Crippen molar-refractivity contribution in [3.05, 3.63) is 35.9 Å². The van der Waals surface area contributed by atoms with Crippen LogP contribution in [-0.4, -0.2) is 38.3 Å². The zero-order valence-electron chi connectivity index (χ0n) is 14.0. The SMILES string of the molecule is COC(=O)[C@@H](NCCCNC(=O)OCc1ccccc1)C(C)C. The average molecular weight is 322 g/mol. The number of esters is 1. The number of hydrogen-bond acceptors (Lipinski definition) is 5. The number of rotatable bonds is 9. The van der Waals surface area contributed by atoms with Gasteiger partial charge in [-0.15, -0.1) is 0 Å². The van der Waals surface area contributed by atoms with Crippen LogP contribution in [0.5, 0.6) is 0 Å². The Labute approximate surface area is 137 Å². The molecule has 0 aliphatic rings. The fourth-order valence-electron chi connectivity index (χ4n) is 2.03. The summed E-state index contributed by atoms with van der Waals surface area (Å²) in [4.78, 5) is 23.1. The van der Waals surface area contributed by atoms with Crippen LogP contribution in [0.1, 0.15) is 25.8 Å². The molecule has 0 spiro atoms. The van der Waals surface area contributed by atoms with Gasteiger partial charge in [-0.25, -0.2) is 4.79 Å². The van der Waals surface area contributed by atoms with Crippen molar-refractivity contribution in [2.24, 2.45) is 5.92 Å². The highest BCUT2D eigenvalue weighted by molar-refractivity contribution is 5.75. The van der Waals surface area contributed by atoms with Crippen LogP contribution in [0.3, 0.4) is 0 Å². The van der Waals surface area contributed by atoms with Crippen molar-refractivity contribution in [1.29, 1.82) is 0 Å². The van der Waals surface area contributed by atoms with Gasteiger partial charge in [-0.3, -0.25) is 4.79 Å². The topological polar surface area (TPSA) is 76.7 Å². The number of methoxy groups -OCH3 is 1. The summed E-state index contributed by atoms with van der Waals surface area (Å²) < 4.78 is 9.86. The predicted molar refractivity (Wildman–Crippen MR) is 87.9 cm³/mol. The summed E-state index contributed by atoms with van der Waals surface area (Å²) in [5, 5.41) is 5.82. The van der Waals surface area contributed by atoms with Crippen LogP contribution in [0.25, 0.3) is 0 Å². The monoisotopic (exact) mass is 322 g/mol. The van der Waals surface area contributed by atoms with Crippen LogP contribution >= 0.6 is 0 Å². The molecule has 0 unspecified atom stereocenters. The first-order valence-corrected chi connectivity index (χ1v) is 7.80. The first-order chi connectivity index (χ1) is 11.0. The molecule has 0 aromatic heterocycles. The molecule has 128 valence electrons. The van der Waals surface area contributed by atoms with Gasteiger partial charge in [0, 0.05) is 6.54 Å². The van der Waals surface area contributed by atoms with Crippen LogP contribution < -0.4 is 10.6 Å². The Morgan fingerprint density at radius 1 is 1.13 bits per heavy atom. The lowest BCUT2D eigenvalue weighted by molar-refractivity contribution is -0.144. The van der Waals surface area contributed by atoms with E-state index in [9.17, 15) is 9.59 Å². The van der Waals surface area contributed by atoms with Crippen LogP contribution in [0.4, 0.5) is 4.79 Å². The number of benzene rings is 1. The quantitative estimate of drug-likeness (QED) is 0.538. The number of hydrogen-bond donors (Lipinski definition) is 2. The van der Waals surface area contributed by atoms with E-state index in [1.165, 1.54) is 7.11 Å². The lowest BCUT2D eigenvalue weighted by Gasteiger charge is -2.19. The number of alkyl carbamates (subject to hydrolysis) is 1. The minimum atomic E-state index is -0.442. The maximum Gasteiger partial charge on any atom is 0.407 e. The highest BCUT2D eigenvalue weighted by Gasteiger charge is 2.21. The van der Waals surface area contributed by atoms with E-state index < -0.39 is 6.09 Å². The van der Waals surface area contributed by atoms with Gasteiger partial charge < -0.3 is 20.1 Å². The summed E-state index contributed by atoms with van der Waals surface area (Å²) in [5.41, 5.74) is 0.946. The Morgan fingerprint density at radius 3 is 2.43 bits per heavy atom. The fourth-order valence-corrected chi connectivity index (χ4v) is 2.03. The Kier molecular flexibility index (Phi) is 8.75. The lowest BCUT2D eigenvalue weighted by atomic mass is 10.0. The highest BCUT2D eigenvalue weighted by atomic mass is 16.5. The van der Waals surface area contributed by atoms with Crippen molar-refractivity contribution in [2.45, 2.75) is 32.9 Å². The summed E-state index contributed by atoms with van der Waals surface area (Å²) in [6, 6.07) is 9.18. The maximum absolute atomic E-state index is 11.6. The molecule has 1 atom stereocenters. The Balaban J connectivity index is 2.14. The first kappa shape index (κ1) is 19.0. The molecule has 0 saturated heterocycles. The third kappa shape index (κ3) is 7.65. The molecule has 2 N–H and O–H groups in total. The molecule has 0 aliphatic heterocycles. The second-order valence-electron chi connectivity index (χ2n) is 5.54. The van der Waals surface area contributed by atoms with Gasteiger partial charge in [0.1, 0.15) is 12.6 Å². The predicted octanol–water partition coefficient (Wildman–Crippen LogP) is 2.09. The molecule has 1 aromatic carbocycles. The molecule has 1 rings (SSSR count). The van der Waals surface area contributed by atoms with E-state index in [0.29, 0.717) is 19.5 Å². The van der Waals surface area contributed by atoms with Crippen molar-refractivity contribution in [2.75, 3.05) is 20.2 Å². The Hall–Kier alpha value is -2.08. The number of ether oxygens (including phenoxy) is 2. The number of carbonyl (C=O) groups excluding carboxylic acids is 2. The van der Waals surface area contributed by atoms with Crippen molar-refractivity contribution in [3.63, 3.8) is 0 Å². The van der Waals surface area contributed by atoms with Crippen LogP contribution in [0.15, 0.2) is 30.3 Å². The summed E-state index contributed by atoms with van der Waals surface area (Å²) in [6.45, 7) is 5.24. The number of nitrogens with one attached hydrogen (secondary N) is 2. The molecule has 1 amide bonds. The van der Waals surface area contributed by atoms with Gasteiger partial charge in [-0.1, -0.05) is 44.2 Å². The average Bonchev–Trinajstić information content (AvgIpc) is 2.56. The van der Waals surface area contributed by atoms with Crippen LogP contribution in [-0.2, 0) is 20.9 Å². The van der Waals surface area contributed by atoms with Crippen LogP contribution in [0.2, 0.25) is 0 Å². The van der Waals surface area contributed by atoms with Gasteiger partial charge in [0.25, 0.3) is 0 Å². The summed E-state index contributed by atoms with van der Waals surface area (Å²) >= 11 is 0. The van der Waals surface area contributed by atoms with Crippen molar-refractivity contribution >= 4 is 12.1 Å². The molecule has 6 heteroatoms. The zero-order valence-corrected chi connectivity index (χ0v) is 14.0. The second kappa shape index (κ2) is 10.6. The highest BCUT2D eigenvalue weighted by Crippen LogP contribution is 2.03. The first-order valence-electron chi connectivity index (χ1n) is 7.80. The molecule has 0 bridgehead atoms. The summed E-state index contributed by atoms with van der Waals surface area (Å²) in [7, 11) is 1.38. The molecule has 0 fully saturated rings. The van der Waals surface area contributed by atoms with E-state index >= 15 is 0 Å². The minimum absolute atomic E-state index is 0.145. The van der Waals surface area contributed by atoms with Gasteiger partial charge in [-0.2, -0.15) is 0 Å². The third-order valence-corrected chi connectivity index (χ3v) is 3.32. The van der Waals surface area contributed by atoms with Crippen molar-refractivity contribution in [3.8, 4) is 0 Å². The van der Waals surface area contributed by atoms with E-state index in [4.69, 9.17) is 9.47 Å². The van der Waals surface area contributed by atoms with E-state index in [0.717, 1.165) is 5.56 Å². The second-order valence-corrected chi connectivity index (χ2v) is 5.54. The lowest BCUT2D eigenvalue weighted by Crippen LogP contribution is -2.42. The molecular weight excluding hydrogens is 296 g/mol. The van der Waals surface area contributed by atoms with Crippen molar-refractivity contribution in [1.82, 2.24) is 10.6 Å². The van der Waals surface area contributed by atoms with Gasteiger partial charge in [-0.05, 0) is 24.4 Å². The molecule has 1 aromatic rings. The Morgan fingerprint density at radius 2 is 1.83 bits per heavy atom. The van der Waals surface area contributed by atoms with E-state index in [1.807, 2.05) is 44.2 Å². The number of carbonyl (C=O) groups is 2. The molecule has 0 radical (unpaired) electrons. The molecule has 0 aliphatic carbocycles. The zero-order chi connectivity index (χ0) is 17.1. The molecule has 0 heterocycles. The van der Waals surface area contributed by atoms with Crippen LogP contribution in [0, 0.1) is 5.92 Å². The van der Waals surface area contributed by atoms with E-state index in [1.54, 1.807) is 0 Å². The summed E-state index contributed by atoms with van der Waals surface area (Å²) in [6.07, 6.45) is 0.253. The Bertz CT molecular complexity index is 477. The largest absolute Gasteiger partial charge is 0.468 e. The van der Waals surface area contributed by atoms with Gasteiger partial charge in [0.05, 0.1) is 7.11 Å². The molecule has 0 saturated carbocycles. The van der Waals surface area contributed by atoms with Gasteiger partial charge in [0.2, 0.25) is 0 Å². The van der Waals surface area contributed by atoms with Gasteiger partial charge >= 0.3 is 12.1 Å². The molecular formula is C17H26N2O4. The minimum Gasteiger partial charge on any atom is -0.468 e. The summed E-state index contributed by atoms with van der Waals surface area (Å²) in [5.74, 6) is -0.124. The van der Waals surface area contributed by atoms with Crippen molar-refractivity contribution < 1.29 is 19.1 Å². The smallest absolute Gasteiger partial charge is 0.407 e. The molecule has 6 nitrogen and oxygen atoms in total. The van der Waals surface area contributed by atoms with E-state index in [2.05, 4.69) is 10.6 Å². The standard InChI is InChI=1S/C17H26N2O4/c1-13(2)15(16(20)22-3)18-10-7-11-19-17(21)23-12-14-8-5-4-6-9-14/h4-6,8-9,13,15,18H,7,10-12H2,1-3H3,(H,19,21)/t15-/m0/s1. The number of amides is 1. The van der Waals surface area contributed by atoms with Gasteiger partial charge in [0.15, 0.2) is 0 Å². The normalized spacial score (nSPS) is 11.8.